The SMILES string of the molecule is CN(CCc1ccccc1)C(=O)c1ccc2nc[nH]c2c1. The van der Waals surface area contributed by atoms with Gasteiger partial charge in [-0.05, 0) is 30.2 Å². The summed E-state index contributed by atoms with van der Waals surface area (Å²) >= 11 is 0. The number of nitrogens with zero attached hydrogens (tertiary/aromatic N) is 2. The summed E-state index contributed by atoms with van der Waals surface area (Å²) in [7, 11) is 1.84. The minimum Gasteiger partial charge on any atom is -0.345 e. The summed E-state index contributed by atoms with van der Waals surface area (Å²) in [4.78, 5) is 21.4. The van der Waals surface area contributed by atoms with Crippen molar-refractivity contribution in [1.82, 2.24) is 14.9 Å². The smallest absolute Gasteiger partial charge is 0.253 e. The van der Waals surface area contributed by atoms with Crippen LogP contribution in [-0.2, 0) is 6.42 Å². The summed E-state index contributed by atoms with van der Waals surface area (Å²) < 4.78 is 0. The fourth-order valence-electron chi connectivity index (χ4n) is 2.33. The first kappa shape index (κ1) is 13.4. The lowest BCUT2D eigenvalue weighted by molar-refractivity contribution is 0.0797. The number of nitrogens with one attached hydrogen (secondary N) is 1. The van der Waals surface area contributed by atoms with Crippen molar-refractivity contribution in [2.75, 3.05) is 13.6 Å². The quantitative estimate of drug-likeness (QED) is 0.798. The van der Waals surface area contributed by atoms with Gasteiger partial charge in [-0.15, -0.1) is 0 Å². The number of benzene rings is 2. The van der Waals surface area contributed by atoms with E-state index in [1.54, 1.807) is 11.2 Å². The van der Waals surface area contributed by atoms with Crippen molar-refractivity contribution >= 4 is 16.9 Å². The second-order valence-electron chi connectivity index (χ2n) is 5.10. The molecule has 0 radical (unpaired) electrons. The molecule has 0 fully saturated rings. The lowest BCUT2D eigenvalue weighted by Crippen LogP contribution is -2.28. The Labute approximate surface area is 123 Å². The van der Waals surface area contributed by atoms with Gasteiger partial charge in [0.15, 0.2) is 0 Å². The third-order valence-corrected chi connectivity index (χ3v) is 3.59. The van der Waals surface area contributed by atoms with Crippen LogP contribution in [0.2, 0.25) is 0 Å². The van der Waals surface area contributed by atoms with Crippen LogP contribution in [0.3, 0.4) is 0 Å². The number of hydrogen-bond acceptors (Lipinski definition) is 2. The Kier molecular flexibility index (Phi) is 3.69. The third-order valence-electron chi connectivity index (χ3n) is 3.59. The maximum atomic E-state index is 12.4. The summed E-state index contributed by atoms with van der Waals surface area (Å²) in [6.07, 6.45) is 2.49. The molecule has 0 aliphatic carbocycles. The number of carbonyl (C=O) groups is 1. The molecule has 1 heterocycles. The standard InChI is InChI=1S/C17H17N3O/c1-20(10-9-13-5-3-2-4-6-13)17(21)14-7-8-15-16(11-14)19-12-18-15/h2-8,11-12H,9-10H2,1H3,(H,18,19). The van der Waals surface area contributed by atoms with E-state index >= 15 is 0 Å². The van der Waals surface area contributed by atoms with Gasteiger partial charge in [0.1, 0.15) is 0 Å². The van der Waals surface area contributed by atoms with Gasteiger partial charge in [0.05, 0.1) is 17.4 Å². The molecule has 0 saturated heterocycles. The molecular weight excluding hydrogens is 262 g/mol. The summed E-state index contributed by atoms with van der Waals surface area (Å²) in [5.41, 5.74) is 3.68. The van der Waals surface area contributed by atoms with Crippen LogP contribution in [-0.4, -0.2) is 34.4 Å². The molecule has 0 saturated carbocycles. The highest BCUT2D eigenvalue weighted by atomic mass is 16.2. The molecule has 1 aromatic heterocycles. The third kappa shape index (κ3) is 2.94. The van der Waals surface area contributed by atoms with E-state index in [0.717, 1.165) is 17.5 Å². The maximum absolute atomic E-state index is 12.4. The number of amides is 1. The number of hydrogen-bond donors (Lipinski definition) is 1. The molecule has 1 amide bonds. The van der Waals surface area contributed by atoms with Gasteiger partial charge in [-0.25, -0.2) is 4.98 Å². The van der Waals surface area contributed by atoms with Crippen LogP contribution in [0.5, 0.6) is 0 Å². The highest BCUT2D eigenvalue weighted by Gasteiger charge is 2.12. The second-order valence-corrected chi connectivity index (χ2v) is 5.10. The fourth-order valence-corrected chi connectivity index (χ4v) is 2.33. The Bertz CT molecular complexity index is 749. The topological polar surface area (TPSA) is 49.0 Å². The molecule has 4 heteroatoms. The highest BCUT2D eigenvalue weighted by molar-refractivity contribution is 5.97. The number of aromatic amines is 1. The number of fused-ring (bicyclic) bond motifs is 1. The van der Waals surface area contributed by atoms with Crippen LogP contribution >= 0.6 is 0 Å². The molecule has 3 aromatic rings. The van der Waals surface area contributed by atoms with Crippen molar-refractivity contribution in [3.63, 3.8) is 0 Å². The van der Waals surface area contributed by atoms with Gasteiger partial charge in [-0.1, -0.05) is 30.3 Å². The lowest BCUT2D eigenvalue weighted by Gasteiger charge is -2.17. The van der Waals surface area contributed by atoms with Gasteiger partial charge in [-0.2, -0.15) is 0 Å². The molecule has 0 aliphatic heterocycles. The Morgan fingerprint density at radius 2 is 2.00 bits per heavy atom. The van der Waals surface area contributed by atoms with Gasteiger partial charge in [0.2, 0.25) is 0 Å². The normalized spacial score (nSPS) is 10.7. The van der Waals surface area contributed by atoms with E-state index in [0.29, 0.717) is 12.1 Å². The van der Waals surface area contributed by atoms with Crippen molar-refractivity contribution in [1.29, 1.82) is 0 Å². The molecule has 106 valence electrons. The molecule has 1 N–H and O–H groups in total. The zero-order valence-corrected chi connectivity index (χ0v) is 11.9. The lowest BCUT2D eigenvalue weighted by atomic mass is 10.1. The number of likely N-dealkylation sites (N-methyl/N-ethyl adjacent to an activating group) is 1. The molecule has 0 bridgehead atoms. The molecule has 0 aliphatic rings. The summed E-state index contributed by atoms with van der Waals surface area (Å²) in [6, 6.07) is 15.7. The van der Waals surface area contributed by atoms with Gasteiger partial charge < -0.3 is 9.88 Å². The summed E-state index contributed by atoms with van der Waals surface area (Å²) in [5, 5.41) is 0. The van der Waals surface area contributed by atoms with E-state index < -0.39 is 0 Å². The zero-order chi connectivity index (χ0) is 14.7. The monoisotopic (exact) mass is 279 g/mol. The van der Waals surface area contributed by atoms with E-state index in [9.17, 15) is 4.79 Å². The van der Waals surface area contributed by atoms with Crippen molar-refractivity contribution in [2.45, 2.75) is 6.42 Å². The van der Waals surface area contributed by atoms with E-state index in [1.807, 2.05) is 43.4 Å². The average Bonchev–Trinajstić information content (AvgIpc) is 3.00. The number of carbonyl (C=O) groups excluding carboxylic acids is 1. The Hall–Kier alpha value is -2.62. The van der Waals surface area contributed by atoms with Crippen LogP contribution in [0.15, 0.2) is 54.9 Å². The molecule has 2 aromatic carbocycles. The number of aromatic nitrogens is 2. The van der Waals surface area contributed by atoms with Crippen molar-refractivity contribution in [2.24, 2.45) is 0 Å². The first-order chi connectivity index (χ1) is 10.2. The number of H-pyrrole nitrogens is 1. The van der Waals surface area contributed by atoms with Crippen LogP contribution in [0.1, 0.15) is 15.9 Å². The van der Waals surface area contributed by atoms with Crippen LogP contribution in [0, 0.1) is 0 Å². The number of imidazole rings is 1. The molecule has 0 atom stereocenters. The van der Waals surface area contributed by atoms with E-state index in [4.69, 9.17) is 0 Å². The zero-order valence-electron chi connectivity index (χ0n) is 11.9. The molecule has 0 spiro atoms. The van der Waals surface area contributed by atoms with Gasteiger partial charge in [0, 0.05) is 19.2 Å². The Morgan fingerprint density at radius 3 is 2.81 bits per heavy atom. The molecular formula is C17H17N3O. The molecule has 3 rings (SSSR count). The molecule has 0 unspecified atom stereocenters. The summed E-state index contributed by atoms with van der Waals surface area (Å²) in [6.45, 7) is 0.698. The van der Waals surface area contributed by atoms with E-state index in [-0.39, 0.29) is 5.91 Å². The predicted molar refractivity (Wildman–Crippen MR) is 83.2 cm³/mol. The Morgan fingerprint density at radius 1 is 1.19 bits per heavy atom. The molecule has 4 nitrogen and oxygen atoms in total. The average molecular weight is 279 g/mol. The molecule has 21 heavy (non-hydrogen) atoms. The van der Waals surface area contributed by atoms with Gasteiger partial charge in [0.25, 0.3) is 5.91 Å². The Balaban J connectivity index is 1.69. The van der Waals surface area contributed by atoms with Crippen molar-refractivity contribution < 1.29 is 4.79 Å². The minimum atomic E-state index is 0.0300. The fraction of sp³-hybridized carbons (Fsp3) is 0.176. The van der Waals surface area contributed by atoms with Crippen LogP contribution < -0.4 is 0 Å². The van der Waals surface area contributed by atoms with E-state index in [1.165, 1.54) is 5.56 Å². The predicted octanol–water partition coefficient (Wildman–Crippen LogP) is 2.88. The van der Waals surface area contributed by atoms with E-state index in [2.05, 4.69) is 22.1 Å². The first-order valence-electron chi connectivity index (χ1n) is 6.96. The van der Waals surface area contributed by atoms with Crippen LogP contribution in [0.25, 0.3) is 11.0 Å². The maximum Gasteiger partial charge on any atom is 0.253 e. The van der Waals surface area contributed by atoms with Crippen molar-refractivity contribution in [3.8, 4) is 0 Å². The first-order valence-corrected chi connectivity index (χ1v) is 6.96. The largest absolute Gasteiger partial charge is 0.345 e. The minimum absolute atomic E-state index is 0.0300. The van der Waals surface area contributed by atoms with Crippen LogP contribution in [0.4, 0.5) is 0 Å². The van der Waals surface area contributed by atoms with Gasteiger partial charge in [-0.3, -0.25) is 4.79 Å². The second kappa shape index (κ2) is 5.79. The number of rotatable bonds is 4. The van der Waals surface area contributed by atoms with Crippen molar-refractivity contribution in [3.05, 3.63) is 66.0 Å². The highest BCUT2D eigenvalue weighted by Crippen LogP contribution is 2.13. The van der Waals surface area contributed by atoms with Gasteiger partial charge >= 0.3 is 0 Å². The summed E-state index contributed by atoms with van der Waals surface area (Å²) in [5.74, 6) is 0.0300.